The van der Waals surface area contributed by atoms with Crippen LogP contribution in [0.15, 0.2) is 12.1 Å². The molecule has 0 spiro atoms. The number of hydrogen-bond donors (Lipinski definition) is 4. The van der Waals surface area contributed by atoms with E-state index in [1.165, 1.54) is 0 Å². The van der Waals surface area contributed by atoms with Gasteiger partial charge in [-0.1, -0.05) is 0 Å². The molecule has 0 bridgehead atoms. The number of carboxylic acids is 2. The van der Waals surface area contributed by atoms with E-state index in [-0.39, 0.29) is 6.07 Å². The van der Waals surface area contributed by atoms with Crippen molar-refractivity contribution < 1.29 is 47.2 Å². The maximum atomic E-state index is 13.2. The highest BCUT2D eigenvalue weighted by molar-refractivity contribution is 5.96. The average Bonchev–Trinajstić information content (AvgIpc) is 2.63. The number of nitro benzene ring substituents is 2. The van der Waals surface area contributed by atoms with Crippen molar-refractivity contribution in [2.45, 2.75) is 0 Å². The van der Waals surface area contributed by atoms with Gasteiger partial charge in [0.05, 0.1) is 21.1 Å². The molecule has 0 aromatic heterocycles. The van der Waals surface area contributed by atoms with E-state index in [1.54, 1.807) is 0 Å². The largest absolute Gasteiger partial charge is 0.478 e. The average molecular weight is 436 g/mol. The molecule has 30 heavy (non-hydrogen) atoms. The van der Waals surface area contributed by atoms with Crippen LogP contribution in [0, 0.1) is 43.5 Å². The van der Waals surface area contributed by atoms with Crippen molar-refractivity contribution in [3.63, 3.8) is 0 Å². The molecular formula is C14H8F4N4O8. The first-order valence-corrected chi connectivity index (χ1v) is 7.02. The van der Waals surface area contributed by atoms with Crippen LogP contribution in [0.1, 0.15) is 20.7 Å². The number of halogens is 4. The van der Waals surface area contributed by atoms with Gasteiger partial charge in [0.1, 0.15) is 11.3 Å². The summed E-state index contributed by atoms with van der Waals surface area (Å²) in [6.45, 7) is 0. The lowest BCUT2D eigenvalue weighted by Crippen LogP contribution is -2.09. The Morgan fingerprint density at radius 2 is 1.17 bits per heavy atom. The molecular weight excluding hydrogens is 428 g/mol. The summed E-state index contributed by atoms with van der Waals surface area (Å²) in [6, 6.07) is 0.742. The van der Waals surface area contributed by atoms with E-state index in [0.29, 0.717) is 6.07 Å². The first-order chi connectivity index (χ1) is 13.7. The molecule has 0 saturated carbocycles. The van der Waals surface area contributed by atoms with Gasteiger partial charge in [0.2, 0.25) is 11.6 Å². The molecule has 0 aliphatic carbocycles. The maximum absolute atomic E-state index is 13.2. The number of nitrogen functional groups attached to an aromatic ring is 2. The number of nitro groups is 2. The maximum Gasteiger partial charge on any atom is 0.339 e. The molecule has 2 rings (SSSR count). The van der Waals surface area contributed by atoms with Crippen LogP contribution < -0.4 is 11.5 Å². The van der Waals surface area contributed by atoms with Crippen LogP contribution in [0.25, 0.3) is 0 Å². The molecule has 0 aliphatic heterocycles. The number of anilines is 2. The number of carbonyl (C=O) groups is 2. The van der Waals surface area contributed by atoms with Gasteiger partial charge in [-0.05, 0) is 0 Å². The second kappa shape index (κ2) is 8.67. The summed E-state index contributed by atoms with van der Waals surface area (Å²) in [5.41, 5.74) is 4.44. The van der Waals surface area contributed by atoms with Gasteiger partial charge >= 0.3 is 17.6 Å². The van der Waals surface area contributed by atoms with Crippen molar-refractivity contribution in [1.82, 2.24) is 0 Å². The number of carboxylic acid groups (broad SMARTS) is 2. The van der Waals surface area contributed by atoms with Crippen LogP contribution in [0.4, 0.5) is 40.3 Å². The smallest absolute Gasteiger partial charge is 0.339 e. The molecule has 16 heteroatoms. The van der Waals surface area contributed by atoms with E-state index in [4.69, 9.17) is 21.7 Å². The second-order valence-corrected chi connectivity index (χ2v) is 5.09. The van der Waals surface area contributed by atoms with Crippen LogP contribution in [0.3, 0.4) is 0 Å². The fraction of sp³-hybridized carbons (Fsp3) is 0. The Balaban J connectivity index is 0.000000300. The summed E-state index contributed by atoms with van der Waals surface area (Å²) in [6.07, 6.45) is 0. The quantitative estimate of drug-likeness (QED) is 0.180. The molecule has 0 amide bonds. The predicted molar refractivity (Wildman–Crippen MR) is 88.8 cm³/mol. The number of rotatable bonds is 4. The van der Waals surface area contributed by atoms with Crippen LogP contribution >= 0.6 is 0 Å². The molecule has 2 aromatic carbocycles. The molecule has 0 aliphatic rings. The Hall–Kier alpha value is -4.50. The highest BCUT2D eigenvalue weighted by Crippen LogP contribution is 2.31. The Morgan fingerprint density at radius 3 is 1.57 bits per heavy atom. The minimum Gasteiger partial charge on any atom is -0.478 e. The minimum absolute atomic E-state index is 0.121. The number of aromatic carboxylic acids is 2. The zero-order valence-electron chi connectivity index (χ0n) is 14.1. The van der Waals surface area contributed by atoms with Crippen molar-refractivity contribution in [1.29, 1.82) is 0 Å². The highest BCUT2D eigenvalue weighted by atomic mass is 19.2. The standard InChI is InChI=1S/C7H2F3NO4.C7H6FN3O4/c8-4-2(7(12)13)1-3(11(14)15)5(9)6(4)10;8-4-5(9)2(7(12)13)1-3(6(4)10)11(14)15/h1H,(H,12,13);1H,9-10H2,(H,12,13). The minimum atomic E-state index is -2.18. The van der Waals surface area contributed by atoms with Crippen molar-refractivity contribution in [2.24, 2.45) is 0 Å². The first-order valence-electron chi connectivity index (χ1n) is 7.02. The summed E-state index contributed by atoms with van der Waals surface area (Å²) >= 11 is 0. The predicted octanol–water partition coefficient (Wildman–Crippen LogP) is 2.31. The normalized spacial score (nSPS) is 10.0. The topological polar surface area (TPSA) is 213 Å². The third-order valence-corrected chi connectivity index (χ3v) is 3.30. The van der Waals surface area contributed by atoms with E-state index < -0.39 is 78.9 Å². The fourth-order valence-corrected chi connectivity index (χ4v) is 1.87. The van der Waals surface area contributed by atoms with Crippen LogP contribution in [0.5, 0.6) is 0 Å². The number of nitrogens with zero attached hydrogens (tertiary/aromatic N) is 2. The summed E-state index contributed by atoms with van der Waals surface area (Å²) < 4.78 is 51.3. The summed E-state index contributed by atoms with van der Waals surface area (Å²) in [7, 11) is 0. The Labute approximate surface area is 161 Å². The number of hydrogen-bond acceptors (Lipinski definition) is 8. The zero-order valence-corrected chi connectivity index (χ0v) is 14.1. The second-order valence-electron chi connectivity index (χ2n) is 5.09. The molecule has 0 radical (unpaired) electrons. The first kappa shape index (κ1) is 23.5. The fourth-order valence-electron chi connectivity index (χ4n) is 1.87. The molecule has 0 heterocycles. The third-order valence-electron chi connectivity index (χ3n) is 3.30. The van der Waals surface area contributed by atoms with Crippen molar-refractivity contribution >= 4 is 34.7 Å². The SMILES string of the molecule is Nc1c(C(=O)O)cc([N+](=O)[O-])c(N)c1F.O=C(O)c1cc([N+](=O)[O-])c(F)c(F)c1F. The van der Waals surface area contributed by atoms with Crippen molar-refractivity contribution in [3.05, 3.63) is 66.8 Å². The van der Waals surface area contributed by atoms with Crippen LogP contribution in [-0.4, -0.2) is 32.0 Å². The lowest BCUT2D eigenvalue weighted by Gasteiger charge is -2.05. The highest BCUT2D eigenvalue weighted by Gasteiger charge is 2.28. The van der Waals surface area contributed by atoms with Gasteiger partial charge in [-0.25, -0.2) is 22.8 Å². The van der Waals surface area contributed by atoms with E-state index in [2.05, 4.69) is 0 Å². The number of nitrogens with two attached hydrogens (primary N) is 2. The van der Waals surface area contributed by atoms with Gasteiger partial charge in [0, 0.05) is 12.1 Å². The molecule has 6 N–H and O–H groups in total. The lowest BCUT2D eigenvalue weighted by molar-refractivity contribution is -0.387. The van der Waals surface area contributed by atoms with Gasteiger partial charge in [-0.2, -0.15) is 4.39 Å². The van der Waals surface area contributed by atoms with E-state index in [9.17, 15) is 47.4 Å². The molecule has 0 fully saturated rings. The number of benzene rings is 2. The molecule has 12 nitrogen and oxygen atoms in total. The molecule has 160 valence electrons. The Bertz CT molecular complexity index is 931. The summed E-state index contributed by atoms with van der Waals surface area (Å²) in [4.78, 5) is 39.1. The molecule has 0 saturated heterocycles. The summed E-state index contributed by atoms with van der Waals surface area (Å²) in [5.74, 6) is -10.9. The van der Waals surface area contributed by atoms with E-state index >= 15 is 0 Å². The summed E-state index contributed by atoms with van der Waals surface area (Å²) in [5, 5.41) is 37.4. The van der Waals surface area contributed by atoms with E-state index in [1.807, 2.05) is 0 Å². The molecule has 0 unspecified atom stereocenters. The Morgan fingerprint density at radius 1 is 0.733 bits per heavy atom. The molecule has 0 atom stereocenters. The molecule has 2 aromatic rings. The third kappa shape index (κ3) is 4.49. The lowest BCUT2D eigenvalue weighted by atomic mass is 10.1. The zero-order chi connectivity index (χ0) is 23.5. The monoisotopic (exact) mass is 436 g/mol. The van der Waals surface area contributed by atoms with E-state index in [0.717, 1.165) is 0 Å². The van der Waals surface area contributed by atoms with Gasteiger partial charge in [-0.15, -0.1) is 0 Å². The van der Waals surface area contributed by atoms with Gasteiger partial charge in [-0.3, -0.25) is 20.2 Å². The van der Waals surface area contributed by atoms with Gasteiger partial charge in [0.25, 0.3) is 5.69 Å². The van der Waals surface area contributed by atoms with Gasteiger partial charge in [0.15, 0.2) is 11.6 Å². The Kier molecular flexibility index (Phi) is 6.80. The van der Waals surface area contributed by atoms with Gasteiger partial charge < -0.3 is 21.7 Å². The van der Waals surface area contributed by atoms with Crippen molar-refractivity contribution in [3.8, 4) is 0 Å². The van der Waals surface area contributed by atoms with Crippen LogP contribution in [0.2, 0.25) is 0 Å². The van der Waals surface area contributed by atoms with Crippen molar-refractivity contribution in [2.75, 3.05) is 11.5 Å². The van der Waals surface area contributed by atoms with Crippen LogP contribution in [-0.2, 0) is 0 Å².